The molecule has 3 aromatic carbocycles. The van der Waals surface area contributed by atoms with Crippen LogP contribution in [0.4, 0.5) is 0 Å². The lowest BCUT2D eigenvalue weighted by Gasteiger charge is -2.07. The van der Waals surface area contributed by atoms with Crippen LogP contribution in [0.15, 0.2) is 71.6 Å². The zero-order valence-corrected chi connectivity index (χ0v) is 16.4. The average Bonchev–Trinajstić information content (AvgIpc) is 3.09. The number of carbonyl (C=O) groups excluding carboxylic acids is 2. The molecule has 4 rings (SSSR count). The second kappa shape index (κ2) is 8.03. The van der Waals surface area contributed by atoms with E-state index in [1.165, 1.54) is 28.5 Å². The zero-order valence-electron chi connectivity index (χ0n) is 15.6. The van der Waals surface area contributed by atoms with Gasteiger partial charge in [-0.15, -0.1) is 11.8 Å². The quantitative estimate of drug-likeness (QED) is 0.262. The average molecular weight is 388 g/mol. The summed E-state index contributed by atoms with van der Waals surface area (Å²) in [6.07, 6.45) is 0.894. The Morgan fingerprint density at radius 1 is 0.929 bits per heavy atom. The predicted octanol–water partition coefficient (Wildman–Crippen LogP) is 5.08. The van der Waals surface area contributed by atoms with Crippen LogP contribution in [0.25, 0.3) is 11.1 Å². The number of ketones is 1. The number of benzene rings is 3. The summed E-state index contributed by atoms with van der Waals surface area (Å²) in [5.74, 6) is -0.370. The number of rotatable bonds is 6. The van der Waals surface area contributed by atoms with Crippen LogP contribution in [0.5, 0.6) is 0 Å². The van der Waals surface area contributed by atoms with Gasteiger partial charge in [-0.2, -0.15) is 0 Å². The van der Waals surface area contributed by atoms with Crippen molar-refractivity contribution in [2.45, 2.75) is 18.2 Å². The number of Topliss-reactive ketones (excluding diaryl/α,β-unsaturated/α-hetero) is 1. The first kappa shape index (κ1) is 18.5. The molecule has 0 spiro atoms. The Morgan fingerprint density at radius 2 is 1.68 bits per heavy atom. The summed E-state index contributed by atoms with van der Waals surface area (Å²) in [4.78, 5) is 25.6. The summed E-state index contributed by atoms with van der Waals surface area (Å²) in [5, 5.41) is 0. The Balaban J connectivity index is 1.36. The van der Waals surface area contributed by atoms with Crippen LogP contribution in [0.1, 0.15) is 27.0 Å². The standard InChI is InChI=1S/C24H20O3S/c1-16-6-2-5-9-23(16)28-15-24(26)27-14-22(25)19-11-10-18-12-17-7-3-4-8-20(17)21(18)13-19/h2-11,13H,12,14-15H2,1H3. The fourth-order valence-corrected chi connectivity index (χ4v) is 4.25. The summed E-state index contributed by atoms with van der Waals surface area (Å²) in [6, 6.07) is 21.9. The van der Waals surface area contributed by atoms with Gasteiger partial charge in [-0.3, -0.25) is 9.59 Å². The summed E-state index contributed by atoms with van der Waals surface area (Å²) in [6.45, 7) is 1.77. The minimum atomic E-state index is -0.381. The minimum absolute atomic E-state index is 0.179. The van der Waals surface area contributed by atoms with E-state index in [4.69, 9.17) is 4.74 Å². The first-order chi connectivity index (χ1) is 13.6. The van der Waals surface area contributed by atoms with Crippen molar-refractivity contribution in [2.24, 2.45) is 0 Å². The third kappa shape index (κ3) is 3.87. The maximum absolute atomic E-state index is 12.5. The highest BCUT2D eigenvalue weighted by Crippen LogP contribution is 2.36. The second-order valence-corrected chi connectivity index (χ2v) is 7.86. The summed E-state index contributed by atoms with van der Waals surface area (Å²) in [7, 11) is 0. The van der Waals surface area contributed by atoms with E-state index >= 15 is 0 Å². The highest BCUT2D eigenvalue weighted by Gasteiger charge is 2.20. The first-order valence-electron chi connectivity index (χ1n) is 9.20. The van der Waals surface area contributed by atoms with Crippen molar-refractivity contribution < 1.29 is 14.3 Å². The maximum Gasteiger partial charge on any atom is 0.316 e. The topological polar surface area (TPSA) is 43.4 Å². The van der Waals surface area contributed by atoms with Crippen molar-refractivity contribution in [3.63, 3.8) is 0 Å². The summed E-state index contributed by atoms with van der Waals surface area (Å²) in [5.41, 5.74) is 6.48. The van der Waals surface area contributed by atoms with Crippen LogP contribution in [0.3, 0.4) is 0 Å². The van der Waals surface area contributed by atoms with Crippen molar-refractivity contribution in [1.29, 1.82) is 0 Å². The Labute approximate surface area is 168 Å². The number of aryl methyl sites for hydroxylation is 1. The van der Waals surface area contributed by atoms with Crippen molar-refractivity contribution in [2.75, 3.05) is 12.4 Å². The van der Waals surface area contributed by atoms with Crippen LogP contribution in [0.2, 0.25) is 0 Å². The molecule has 0 atom stereocenters. The number of carbonyl (C=O) groups is 2. The Bertz CT molecular complexity index is 1060. The molecule has 0 radical (unpaired) electrons. The van der Waals surface area contributed by atoms with Gasteiger partial charge in [0, 0.05) is 10.5 Å². The van der Waals surface area contributed by atoms with Gasteiger partial charge in [0.2, 0.25) is 0 Å². The van der Waals surface area contributed by atoms with E-state index in [-0.39, 0.29) is 24.1 Å². The molecule has 0 amide bonds. The van der Waals surface area contributed by atoms with Crippen LogP contribution in [-0.2, 0) is 16.0 Å². The van der Waals surface area contributed by atoms with Gasteiger partial charge in [-0.05, 0) is 53.3 Å². The van der Waals surface area contributed by atoms with Gasteiger partial charge < -0.3 is 4.74 Å². The molecule has 0 saturated carbocycles. The van der Waals surface area contributed by atoms with Crippen molar-refractivity contribution in [1.82, 2.24) is 0 Å². The third-order valence-corrected chi connectivity index (χ3v) is 6.07. The lowest BCUT2D eigenvalue weighted by Crippen LogP contribution is -2.15. The molecule has 0 heterocycles. The molecular weight excluding hydrogens is 368 g/mol. The van der Waals surface area contributed by atoms with Gasteiger partial charge >= 0.3 is 5.97 Å². The van der Waals surface area contributed by atoms with Gasteiger partial charge in [0.15, 0.2) is 12.4 Å². The molecule has 1 aliphatic rings. The highest BCUT2D eigenvalue weighted by molar-refractivity contribution is 8.00. The highest BCUT2D eigenvalue weighted by atomic mass is 32.2. The normalized spacial score (nSPS) is 11.6. The fourth-order valence-electron chi connectivity index (χ4n) is 3.42. The molecule has 0 bridgehead atoms. The second-order valence-electron chi connectivity index (χ2n) is 6.84. The van der Waals surface area contributed by atoms with Crippen molar-refractivity contribution in [3.8, 4) is 11.1 Å². The molecule has 140 valence electrons. The van der Waals surface area contributed by atoms with Crippen molar-refractivity contribution in [3.05, 3.63) is 89.0 Å². The fraction of sp³-hybridized carbons (Fsp3) is 0.167. The van der Waals surface area contributed by atoms with Gasteiger partial charge in [0.25, 0.3) is 0 Å². The van der Waals surface area contributed by atoms with E-state index < -0.39 is 0 Å². The van der Waals surface area contributed by atoms with E-state index in [9.17, 15) is 9.59 Å². The number of hydrogen-bond acceptors (Lipinski definition) is 4. The van der Waals surface area contributed by atoms with Gasteiger partial charge in [0.05, 0.1) is 5.75 Å². The molecule has 3 aromatic rings. The molecule has 3 nitrogen and oxygen atoms in total. The van der Waals surface area contributed by atoms with Gasteiger partial charge in [-0.1, -0.05) is 54.6 Å². The number of ether oxygens (including phenoxy) is 1. The van der Waals surface area contributed by atoms with E-state index in [0.29, 0.717) is 5.56 Å². The molecule has 28 heavy (non-hydrogen) atoms. The van der Waals surface area contributed by atoms with Crippen LogP contribution >= 0.6 is 11.8 Å². The number of esters is 1. The third-order valence-electron chi connectivity index (χ3n) is 4.92. The molecule has 0 N–H and O–H groups in total. The lowest BCUT2D eigenvalue weighted by molar-refractivity contribution is -0.139. The molecule has 1 aliphatic carbocycles. The number of hydrogen-bond donors (Lipinski definition) is 0. The molecule has 0 aromatic heterocycles. The SMILES string of the molecule is Cc1ccccc1SCC(=O)OCC(=O)c1ccc2c(c1)-c1ccccc1C2. The van der Waals surface area contributed by atoms with Crippen LogP contribution in [-0.4, -0.2) is 24.1 Å². The number of thioether (sulfide) groups is 1. The molecule has 4 heteroatoms. The molecule has 0 aliphatic heterocycles. The van der Waals surface area contributed by atoms with Gasteiger partial charge in [-0.25, -0.2) is 0 Å². The molecule has 0 unspecified atom stereocenters. The lowest BCUT2D eigenvalue weighted by atomic mass is 10.0. The smallest absolute Gasteiger partial charge is 0.316 e. The van der Waals surface area contributed by atoms with E-state index in [0.717, 1.165) is 22.4 Å². The summed E-state index contributed by atoms with van der Waals surface area (Å²) >= 11 is 1.43. The first-order valence-corrected chi connectivity index (χ1v) is 10.2. The summed E-state index contributed by atoms with van der Waals surface area (Å²) < 4.78 is 5.20. The van der Waals surface area contributed by atoms with Crippen LogP contribution in [0, 0.1) is 6.92 Å². The maximum atomic E-state index is 12.5. The minimum Gasteiger partial charge on any atom is -0.457 e. The zero-order chi connectivity index (χ0) is 19.5. The van der Waals surface area contributed by atoms with Crippen LogP contribution < -0.4 is 0 Å². The Kier molecular flexibility index (Phi) is 5.31. The Hall–Kier alpha value is -2.85. The van der Waals surface area contributed by atoms with Gasteiger partial charge in [0.1, 0.15) is 0 Å². The monoisotopic (exact) mass is 388 g/mol. The molecule has 0 fully saturated rings. The largest absolute Gasteiger partial charge is 0.457 e. The predicted molar refractivity (Wildman–Crippen MR) is 112 cm³/mol. The van der Waals surface area contributed by atoms with E-state index in [2.05, 4.69) is 12.1 Å². The van der Waals surface area contributed by atoms with E-state index in [1.54, 1.807) is 0 Å². The molecule has 0 saturated heterocycles. The molecular formula is C24H20O3S. The Morgan fingerprint density at radius 3 is 2.54 bits per heavy atom. The van der Waals surface area contributed by atoms with E-state index in [1.807, 2.05) is 61.5 Å². The number of fused-ring (bicyclic) bond motifs is 3. The van der Waals surface area contributed by atoms with Crippen molar-refractivity contribution >= 4 is 23.5 Å².